The molecular formula is C15H18F6N3O2+. The number of ketones is 1. The third-order valence-electron chi connectivity index (χ3n) is 3.30. The van der Waals surface area contributed by atoms with Crippen LogP contribution in [0.4, 0.5) is 26.3 Å². The topological polar surface area (TPSA) is 69.2 Å². The van der Waals surface area contributed by atoms with Crippen LogP contribution in [0.5, 0.6) is 0 Å². The molecule has 0 fully saturated rings. The number of allylic oxidation sites excluding steroid dienone is 2. The van der Waals surface area contributed by atoms with E-state index in [4.69, 9.17) is 0 Å². The summed E-state index contributed by atoms with van der Waals surface area (Å²) in [5, 5.41) is 2.61. The summed E-state index contributed by atoms with van der Waals surface area (Å²) < 4.78 is 80.7. The number of nitrogens with one attached hydrogen (secondary N) is 1. The minimum Gasteiger partial charge on any atom is -0.473 e. The number of carbonyl (C=O) groups excluding carboxylic acids is 1. The maximum absolute atomic E-state index is 12.7. The van der Waals surface area contributed by atoms with Crippen molar-refractivity contribution >= 4 is 5.78 Å². The molecule has 146 valence electrons. The molecule has 1 aliphatic heterocycles. The molecule has 4 N–H and O–H groups in total. The number of ether oxygens (including phenoxy) is 1. The fourth-order valence-electron chi connectivity index (χ4n) is 1.96. The van der Waals surface area contributed by atoms with Crippen molar-refractivity contribution in [1.29, 1.82) is 0 Å². The van der Waals surface area contributed by atoms with Gasteiger partial charge in [-0.05, 0) is 13.5 Å². The minimum atomic E-state index is -5.67. The van der Waals surface area contributed by atoms with E-state index < -0.39 is 36.0 Å². The van der Waals surface area contributed by atoms with E-state index in [9.17, 15) is 31.1 Å². The van der Waals surface area contributed by atoms with Gasteiger partial charge in [0, 0.05) is 19.2 Å². The van der Waals surface area contributed by atoms with Crippen LogP contribution in [-0.4, -0.2) is 42.2 Å². The van der Waals surface area contributed by atoms with Crippen LogP contribution >= 0.6 is 0 Å². The maximum atomic E-state index is 12.7. The van der Waals surface area contributed by atoms with Gasteiger partial charge in [0.1, 0.15) is 17.3 Å². The fraction of sp³-hybridized carbons (Fsp3) is 0.400. The van der Waals surface area contributed by atoms with Crippen molar-refractivity contribution in [3.63, 3.8) is 0 Å². The standard InChI is InChI=1S/C15H17F6N3O2/c1-7(22)5-11(26-13(14(16,17)18)15(19,20)21)8(2)23-12-6-10(25)9(3)24(12)4/h5-6,8,13,23H,1,3,22H2,2,4H3/p+1. The number of alkyl halides is 6. The Hall–Kier alpha value is -2.43. The van der Waals surface area contributed by atoms with Crippen molar-refractivity contribution in [3.8, 4) is 0 Å². The number of hydrogen-bond acceptors (Lipinski definition) is 4. The molecule has 0 saturated heterocycles. The monoisotopic (exact) mass is 386 g/mol. The highest BCUT2D eigenvalue weighted by atomic mass is 19.4. The van der Waals surface area contributed by atoms with E-state index in [-0.39, 0.29) is 17.2 Å². The van der Waals surface area contributed by atoms with Gasteiger partial charge in [-0.25, -0.2) is 0 Å². The molecule has 0 bridgehead atoms. The van der Waals surface area contributed by atoms with Gasteiger partial charge in [0.25, 0.3) is 6.10 Å². The lowest BCUT2D eigenvalue weighted by atomic mass is 10.2. The van der Waals surface area contributed by atoms with Gasteiger partial charge in [0.2, 0.25) is 5.78 Å². The van der Waals surface area contributed by atoms with Gasteiger partial charge < -0.3 is 20.7 Å². The van der Waals surface area contributed by atoms with Gasteiger partial charge in [-0.15, -0.1) is 0 Å². The molecule has 0 radical (unpaired) electrons. The lowest BCUT2D eigenvalue weighted by Gasteiger charge is -2.29. The Bertz CT molecular complexity index is 649. The Morgan fingerprint density at radius 1 is 1.31 bits per heavy atom. The summed E-state index contributed by atoms with van der Waals surface area (Å²) >= 11 is 0. The molecule has 0 amide bonds. The molecule has 26 heavy (non-hydrogen) atoms. The third kappa shape index (κ3) is 5.28. The smallest absolute Gasteiger partial charge is 0.434 e. The zero-order chi connectivity index (χ0) is 20.4. The van der Waals surface area contributed by atoms with Crippen LogP contribution in [0.15, 0.2) is 48.3 Å². The molecule has 1 heterocycles. The zero-order valence-electron chi connectivity index (χ0n) is 14.0. The quantitative estimate of drug-likeness (QED) is 0.317. The summed E-state index contributed by atoms with van der Waals surface area (Å²) in [6.07, 6.45) is -13.4. The van der Waals surface area contributed by atoms with Crippen LogP contribution in [0, 0.1) is 0 Å². The molecule has 0 aromatic rings. The van der Waals surface area contributed by atoms with Gasteiger partial charge in [-0.2, -0.15) is 26.3 Å². The number of nitrogens with zero attached hydrogens (tertiary/aromatic N) is 1. The first-order valence-electron chi connectivity index (χ1n) is 7.12. The average molecular weight is 386 g/mol. The Morgan fingerprint density at radius 3 is 2.15 bits per heavy atom. The van der Waals surface area contributed by atoms with Crippen molar-refractivity contribution in [2.45, 2.75) is 31.4 Å². The highest BCUT2D eigenvalue weighted by molar-refractivity contribution is 6.06. The molecule has 1 aliphatic rings. The summed E-state index contributed by atoms with van der Waals surface area (Å²) in [5.41, 5.74) is 3.36. The Balaban J connectivity index is 3.11. The summed E-state index contributed by atoms with van der Waals surface area (Å²) in [4.78, 5) is 12.8. The molecule has 0 aliphatic carbocycles. The third-order valence-corrected chi connectivity index (χ3v) is 3.30. The Kier molecular flexibility index (Phi) is 6.18. The highest BCUT2D eigenvalue weighted by Crippen LogP contribution is 2.37. The number of hydrogen-bond donors (Lipinski definition) is 2. The molecular weight excluding hydrogens is 368 g/mol. The number of carbonyl (C=O) groups is 1. The van der Waals surface area contributed by atoms with E-state index in [1.807, 2.05) is 0 Å². The zero-order valence-corrected chi connectivity index (χ0v) is 14.0. The molecule has 1 atom stereocenters. The normalized spacial score (nSPS) is 17.5. The predicted molar refractivity (Wildman–Crippen MR) is 79.7 cm³/mol. The van der Waals surface area contributed by atoms with E-state index in [1.54, 1.807) is 0 Å². The van der Waals surface area contributed by atoms with E-state index in [0.29, 0.717) is 0 Å². The molecule has 0 aromatic carbocycles. The van der Waals surface area contributed by atoms with E-state index in [0.717, 1.165) is 12.2 Å². The predicted octanol–water partition coefficient (Wildman–Crippen LogP) is 1.98. The Morgan fingerprint density at radius 2 is 1.81 bits per heavy atom. The largest absolute Gasteiger partial charge is 0.473 e. The molecule has 0 aromatic heterocycles. The van der Waals surface area contributed by atoms with Crippen molar-refractivity contribution in [1.82, 2.24) is 10.2 Å². The SMILES string of the molecule is C=C([NH3+])C=C(OC(C(F)(F)F)C(F)(F)F)C(C)NC1=CC(=O)C(=C)N1C. The second-order valence-electron chi connectivity index (χ2n) is 5.55. The summed E-state index contributed by atoms with van der Waals surface area (Å²) in [6, 6.07) is -1.16. The van der Waals surface area contributed by atoms with Gasteiger partial charge in [0.05, 0.1) is 11.7 Å². The molecule has 1 rings (SSSR count). The number of likely N-dealkylation sites (N-methyl/N-ethyl adjacent to an activating group) is 1. The average Bonchev–Trinajstić information content (AvgIpc) is 2.67. The number of halogens is 6. The first kappa shape index (κ1) is 21.6. The second kappa shape index (κ2) is 7.44. The molecule has 1 unspecified atom stereocenters. The van der Waals surface area contributed by atoms with Gasteiger partial charge in [-0.1, -0.05) is 6.58 Å². The van der Waals surface area contributed by atoms with Crippen LogP contribution in [0.2, 0.25) is 0 Å². The van der Waals surface area contributed by atoms with Crippen molar-refractivity contribution in [2.75, 3.05) is 7.05 Å². The number of rotatable bonds is 6. The lowest BCUT2D eigenvalue weighted by molar-refractivity contribution is -0.315. The Labute approximate surface area is 145 Å². The van der Waals surface area contributed by atoms with E-state index in [2.05, 4.69) is 28.9 Å². The second-order valence-corrected chi connectivity index (χ2v) is 5.55. The van der Waals surface area contributed by atoms with Crippen molar-refractivity contribution < 1.29 is 41.6 Å². The molecule has 5 nitrogen and oxygen atoms in total. The summed E-state index contributed by atoms with van der Waals surface area (Å²) in [5.74, 6) is -0.991. The summed E-state index contributed by atoms with van der Waals surface area (Å²) in [6.45, 7) is 8.09. The molecule has 0 saturated carbocycles. The van der Waals surface area contributed by atoms with Gasteiger partial charge in [0.15, 0.2) is 0 Å². The molecule has 0 spiro atoms. The minimum absolute atomic E-state index is 0.0639. The number of quaternary nitrogens is 1. The van der Waals surface area contributed by atoms with Crippen molar-refractivity contribution in [3.05, 3.63) is 48.3 Å². The van der Waals surface area contributed by atoms with Crippen molar-refractivity contribution in [2.24, 2.45) is 0 Å². The fourth-order valence-corrected chi connectivity index (χ4v) is 1.96. The van der Waals surface area contributed by atoms with E-state index in [1.165, 1.54) is 18.9 Å². The van der Waals surface area contributed by atoms with Crippen LogP contribution in [-0.2, 0) is 9.53 Å². The van der Waals surface area contributed by atoms with Gasteiger partial charge in [-0.3, -0.25) is 4.79 Å². The maximum Gasteiger partial charge on any atom is 0.434 e. The molecule has 11 heteroatoms. The summed E-state index contributed by atoms with van der Waals surface area (Å²) in [7, 11) is 1.46. The van der Waals surface area contributed by atoms with Crippen LogP contribution in [0.1, 0.15) is 6.92 Å². The van der Waals surface area contributed by atoms with Crippen LogP contribution in [0.25, 0.3) is 0 Å². The van der Waals surface area contributed by atoms with Crippen LogP contribution in [0.3, 0.4) is 0 Å². The first-order chi connectivity index (χ1) is 11.6. The lowest BCUT2D eigenvalue weighted by Crippen LogP contribution is -2.48. The van der Waals surface area contributed by atoms with Gasteiger partial charge >= 0.3 is 12.4 Å². The van der Waals surface area contributed by atoms with Crippen LogP contribution < -0.4 is 11.1 Å². The first-order valence-corrected chi connectivity index (χ1v) is 7.12. The highest BCUT2D eigenvalue weighted by Gasteiger charge is 2.59. The van der Waals surface area contributed by atoms with E-state index >= 15 is 0 Å².